The number of esters is 4. The SMILES string of the molecule is CCOC(=O)C1=C(N)N(CC(=O)OC)c2ccccc2[C@]12C(=O)OC(C)=C2C(=O)OC(C)C. The third kappa shape index (κ3) is 3.71. The van der Waals surface area contributed by atoms with Crippen molar-refractivity contribution in [1.82, 2.24) is 0 Å². The number of hydrogen-bond donors (Lipinski definition) is 1. The molecular weight excluding hydrogens is 432 g/mol. The highest BCUT2D eigenvalue weighted by Crippen LogP contribution is 2.54. The van der Waals surface area contributed by atoms with Gasteiger partial charge in [0.15, 0.2) is 5.41 Å². The topological polar surface area (TPSA) is 134 Å². The van der Waals surface area contributed by atoms with Crippen LogP contribution >= 0.6 is 0 Å². The Kier molecular flexibility index (Phi) is 6.48. The number of carbonyl (C=O) groups excluding carboxylic acids is 4. The minimum atomic E-state index is -2.03. The van der Waals surface area contributed by atoms with Gasteiger partial charge in [-0.15, -0.1) is 0 Å². The van der Waals surface area contributed by atoms with Crippen LogP contribution in [0.2, 0.25) is 0 Å². The molecule has 10 nitrogen and oxygen atoms in total. The van der Waals surface area contributed by atoms with Gasteiger partial charge in [-0.1, -0.05) is 18.2 Å². The van der Waals surface area contributed by atoms with Gasteiger partial charge in [-0.2, -0.15) is 0 Å². The highest BCUT2D eigenvalue weighted by molar-refractivity contribution is 6.16. The zero-order valence-corrected chi connectivity index (χ0v) is 19.1. The van der Waals surface area contributed by atoms with Gasteiger partial charge in [0.05, 0.1) is 19.8 Å². The van der Waals surface area contributed by atoms with Crippen LogP contribution in [0, 0.1) is 0 Å². The fourth-order valence-corrected chi connectivity index (χ4v) is 4.12. The highest BCUT2D eigenvalue weighted by Gasteiger charge is 2.63. The molecule has 0 radical (unpaired) electrons. The van der Waals surface area contributed by atoms with E-state index < -0.39 is 35.4 Å². The summed E-state index contributed by atoms with van der Waals surface area (Å²) >= 11 is 0. The van der Waals surface area contributed by atoms with Crippen molar-refractivity contribution in [3.63, 3.8) is 0 Å². The second kappa shape index (κ2) is 8.97. The van der Waals surface area contributed by atoms with Crippen molar-refractivity contribution in [2.24, 2.45) is 5.73 Å². The van der Waals surface area contributed by atoms with Crippen molar-refractivity contribution in [2.45, 2.75) is 39.2 Å². The zero-order valence-electron chi connectivity index (χ0n) is 19.1. The number of methoxy groups -OCH3 is 1. The number of para-hydroxylation sites is 1. The summed E-state index contributed by atoms with van der Waals surface area (Å²) in [6, 6.07) is 6.48. The number of hydrogen-bond acceptors (Lipinski definition) is 10. The predicted molar refractivity (Wildman–Crippen MR) is 115 cm³/mol. The normalized spacial score (nSPS) is 19.6. The van der Waals surface area contributed by atoms with Crippen LogP contribution in [0.15, 0.2) is 47.0 Å². The van der Waals surface area contributed by atoms with E-state index in [0.29, 0.717) is 5.69 Å². The molecule has 0 fully saturated rings. The van der Waals surface area contributed by atoms with Crippen LogP contribution in [-0.2, 0) is 43.5 Å². The standard InChI is InChI=1S/C23H26N2O8/c1-6-31-20(27)18-19(24)25(11-16(26)30-5)15-10-8-7-9-14(15)23(18)17(13(4)33-22(23)29)21(28)32-12(2)3/h7-10,12H,6,11,24H2,1-5H3/t23-/m1/s1. The van der Waals surface area contributed by atoms with Crippen molar-refractivity contribution in [2.75, 3.05) is 25.2 Å². The molecule has 1 atom stereocenters. The Morgan fingerprint density at radius 2 is 1.82 bits per heavy atom. The second-order valence-corrected chi connectivity index (χ2v) is 7.68. The Labute approximate surface area is 190 Å². The number of cyclic esters (lactones) is 1. The number of nitrogens with zero attached hydrogens (tertiary/aromatic N) is 1. The average Bonchev–Trinajstić information content (AvgIpc) is 3.01. The van der Waals surface area contributed by atoms with E-state index in [-0.39, 0.29) is 41.4 Å². The first-order valence-corrected chi connectivity index (χ1v) is 10.4. The summed E-state index contributed by atoms with van der Waals surface area (Å²) in [6.45, 7) is 5.97. The molecule has 2 heterocycles. The number of anilines is 1. The minimum absolute atomic E-state index is 0.0172. The zero-order chi connectivity index (χ0) is 24.5. The molecule has 1 aromatic carbocycles. The number of carbonyl (C=O) groups is 4. The van der Waals surface area contributed by atoms with Crippen LogP contribution in [0.5, 0.6) is 0 Å². The number of rotatable bonds is 6. The smallest absolute Gasteiger partial charge is 0.339 e. The van der Waals surface area contributed by atoms with Gasteiger partial charge in [0.2, 0.25) is 0 Å². The van der Waals surface area contributed by atoms with Gasteiger partial charge in [0, 0.05) is 11.3 Å². The average molecular weight is 458 g/mol. The monoisotopic (exact) mass is 458 g/mol. The fraction of sp³-hybridized carbons (Fsp3) is 0.391. The van der Waals surface area contributed by atoms with Crippen molar-refractivity contribution in [3.05, 3.63) is 52.6 Å². The van der Waals surface area contributed by atoms with Crippen molar-refractivity contribution in [1.29, 1.82) is 0 Å². The first kappa shape index (κ1) is 23.8. The third-order valence-corrected chi connectivity index (χ3v) is 5.34. The summed E-state index contributed by atoms with van der Waals surface area (Å²) in [5.41, 5.74) is 4.44. The number of nitrogens with two attached hydrogens (primary N) is 1. The van der Waals surface area contributed by atoms with Crippen LogP contribution in [-0.4, -0.2) is 50.2 Å². The van der Waals surface area contributed by atoms with E-state index in [1.165, 1.54) is 18.9 Å². The van der Waals surface area contributed by atoms with E-state index in [0.717, 1.165) is 0 Å². The first-order chi connectivity index (χ1) is 15.6. The molecule has 176 valence electrons. The van der Waals surface area contributed by atoms with Crippen LogP contribution in [0.25, 0.3) is 0 Å². The molecule has 3 rings (SSSR count). The van der Waals surface area contributed by atoms with E-state index in [4.69, 9.17) is 24.7 Å². The fourth-order valence-electron chi connectivity index (χ4n) is 4.12. The molecule has 0 saturated carbocycles. The summed E-state index contributed by atoms with van der Waals surface area (Å²) in [6.07, 6.45) is -0.507. The highest BCUT2D eigenvalue weighted by atomic mass is 16.6. The van der Waals surface area contributed by atoms with E-state index in [2.05, 4.69) is 0 Å². The lowest BCUT2D eigenvalue weighted by molar-refractivity contribution is -0.148. The second-order valence-electron chi connectivity index (χ2n) is 7.68. The number of ether oxygens (including phenoxy) is 4. The maximum absolute atomic E-state index is 13.5. The summed E-state index contributed by atoms with van der Waals surface area (Å²) in [4.78, 5) is 53.4. The lowest BCUT2D eigenvalue weighted by atomic mass is 9.66. The Bertz CT molecular complexity index is 1090. The van der Waals surface area contributed by atoms with Gasteiger partial charge < -0.3 is 29.6 Å². The quantitative estimate of drug-likeness (QED) is 0.493. The minimum Gasteiger partial charge on any atom is -0.468 e. The molecule has 2 aliphatic heterocycles. The summed E-state index contributed by atoms with van der Waals surface area (Å²) in [5, 5.41) is 0. The van der Waals surface area contributed by atoms with E-state index in [1.54, 1.807) is 45.0 Å². The van der Waals surface area contributed by atoms with Crippen LogP contribution < -0.4 is 10.6 Å². The van der Waals surface area contributed by atoms with Gasteiger partial charge in [-0.05, 0) is 33.8 Å². The van der Waals surface area contributed by atoms with Gasteiger partial charge in [0.1, 0.15) is 29.3 Å². The first-order valence-electron chi connectivity index (χ1n) is 10.4. The lowest BCUT2D eigenvalue weighted by Crippen LogP contribution is -2.51. The molecule has 33 heavy (non-hydrogen) atoms. The molecule has 0 amide bonds. The molecular formula is C23H26N2O8. The molecule has 10 heteroatoms. The Morgan fingerprint density at radius 3 is 2.42 bits per heavy atom. The summed E-state index contributed by atoms with van der Waals surface area (Å²) in [5.74, 6) is -3.55. The Morgan fingerprint density at radius 1 is 1.15 bits per heavy atom. The summed E-state index contributed by atoms with van der Waals surface area (Å²) < 4.78 is 20.8. The molecule has 1 aromatic rings. The number of allylic oxidation sites excluding steroid dienone is 1. The molecule has 0 saturated heterocycles. The van der Waals surface area contributed by atoms with Gasteiger partial charge >= 0.3 is 23.9 Å². The van der Waals surface area contributed by atoms with Crippen LogP contribution in [0.1, 0.15) is 33.3 Å². The molecule has 0 aliphatic carbocycles. The summed E-state index contributed by atoms with van der Waals surface area (Å²) in [7, 11) is 1.21. The molecule has 2 aliphatic rings. The van der Waals surface area contributed by atoms with Crippen molar-refractivity contribution >= 4 is 29.6 Å². The Hall–Kier alpha value is -3.82. The van der Waals surface area contributed by atoms with E-state index in [1.807, 2.05) is 0 Å². The third-order valence-electron chi connectivity index (χ3n) is 5.34. The predicted octanol–water partition coefficient (Wildman–Crippen LogP) is 1.43. The van der Waals surface area contributed by atoms with Gasteiger partial charge in [-0.25, -0.2) is 14.4 Å². The largest absolute Gasteiger partial charge is 0.468 e. The van der Waals surface area contributed by atoms with E-state index in [9.17, 15) is 19.2 Å². The maximum atomic E-state index is 13.5. The molecule has 0 unspecified atom stereocenters. The molecule has 0 aromatic heterocycles. The molecule has 1 spiro atoms. The van der Waals surface area contributed by atoms with E-state index >= 15 is 0 Å². The van der Waals surface area contributed by atoms with Crippen molar-refractivity contribution in [3.8, 4) is 0 Å². The van der Waals surface area contributed by atoms with Crippen LogP contribution in [0.3, 0.4) is 0 Å². The number of benzene rings is 1. The molecule has 2 N–H and O–H groups in total. The number of fused-ring (bicyclic) bond motifs is 2. The lowest BCUT2D eigenvalue weighted by Gasteiger charge is -2.40. The Balaban J connectivity index is 2.41. The van der Waals surface area contributed by atoms with Gasteiger partial charge in [0.25, 0.3) is 0 Å². The van der Waals surface area contributed by atoms with Crippen LogP contribution in [0.4, 0.5) is 5.69 Å². The van der Waals surface area contributed by atoms with Gasteiger partial charge in [-0.3, -0.25) is 4.79 Å². The maximum Gasteiger partial charge on any atom is 0.339 e. The van der Waals surface area contributed by atoms with Crippen molar-refractivity contribution < 1.29 is 38.1 Å². The molecule has 0 bridgehead atoms.